The Bertz CT molecular complexity index is 978. The molecule has 0 amide bonds. The van der Waals surface area contributed by atoms with Crippen molar-refractivity contribution in [3.63, 3.8) is 0 Å². The highest BCUT2D eigenvalue weighted by molar-refractivity contribution is 5.93. The van der Waals surface area contributed by atoms with E-state index < -0.39 is 17.6 Å². The lowest BCUT2D eigenvalue weighted by Crippen LogP contribution is -2.18. The van der Waals surface area contributed by atoms with Crippen molar-refractivity contribution in [2.75, 3.05) is 5.32 Å². The first-order valence-electron chi connectivity index (χ1n) is 10.6. The van der Waals surface area contributed by atoms with Crippen molar-refractivity contribution in [3.05, 3.63) is 49.3 Å². The molecule has 34 heavy (non-hydrogen) atoms. The molecule has 3 N–H and O–H groups in total. The van der Waals surface area contributed by atoms with Crippen molar-refractivity contribution >= 4 is 23.3 Å². The monoisotopic (exact) mass is 487 g/mol. The topological polar surface area (TPSA) is 104 Å². The van der Waals surface area contributed by atoms with E-state index in [0.717, 1.165) is 0 Å². The van der Waals surface area contributed by atoms with Gasteiger partial charge >= 0.3 is 6.18 Å². The first kappa shape index (κ1) is 32.7. The molecule has 1 atom stereocenters. The number of anilines is 1. The van der Waals surface area contributed by atoms with Crippen molar-refractivity contribution in [1.82, 2.24) is 19.9 Å². The largest absolute Gasteiger partial charge is 0.483 e. The molecule has 190 valence electrons. The van der Waals surface area contributed by atoms with Gasteiger partial charge in [-0.3, -0.25) is 4.79 Å². The lowest BCUT2D eigenvalue weighted by atomic mass is 10.1. The van der Waals surface area contributed by atoms with Gasteiger partial charge in [0.05, 0.1) is 11.3 Å². The highest BCUT2D eigenvalue weighted by atomic mass is 19.4. The minimum absolute atomic E-state index is 0.141. The second kappa shape index (κ2) is 17.0. The summed E-state index contributed by atoms with van der Waals surface area (Å²) in [6.07, 6.45) is -0.0556. The predicted octanol–water partition coefficient (Wildman–Crippen LogP) is 6.94. The maximum absolute atomic E-state index is 14.2. The molecule has 0 aliphatic heterocycles. The van der Waals surface area contributed by atoms with Gasteiger partial charge in [0.25, 0.3) is 6.47 Å². The van der Waals surface area contributed by atoms with Gasteiger partial charge in [-0.05, 0) is 19.4 Å². The van der Waals surface area contributed by atoms with Gasteiger partial charge in [-0.1, -0.05) is 34.6 Å². The Hall–Kier alpha value is -3.50. The van der Waals surface area contributed by atoms with Crippen molar-refractivity contribution in [2.24, 2.45) is 0 Å². The number of carboxylic acid groups (broad SMARTS) is 1. The lowest BCUT2D eigenvalue weighted by Gasteiger charge is -2.17. The fourth-order valence-corrected chi connectivity index (χ4v) is 2.40. The molecule has 0 aliphatic carbocycles. The van der Waals surface area contributed by atoms with Crippen LogP contribution in [0.5, 0.6) is 0 Å². The number of pyridine rings is 1. The summed E-state index contributed by atoms with van der Waals surface area (Å²) in [6.45, 7) is 17.4. The number of H-pyrrole nitrogens is 1. The summed E-state index contributed by atoms with van der Waals surface area (Å²) in [7, 11) is 0. The van der Waals surface area contributed by atoms with Gasteiger partial charge in [-0.2, -0.15) is 13.2 Å². The average molecular weight is 488 g/mol. The minimum Gasteiger partial charge on any atom is -0.483 e. The van der Waals surface area contributed by atoms with Crippen LogP contribution in [0.2, 0.25) is 0 Å². The van der Waals surface area contributed by atoms with Crippen LogP contribution in [0.4, 0.5) is 23.4 Å². The molecule has 3 heterocycles. The van der Waals surface area contributed by atoms with E-state index in [2.05, 4.69) is 38.4 Å². The first-order chi connectivity index (χ1) is 16.2. The predicted molar refractivity (Wildman–Crippen MR) is 128 cm³/mol. The van der Waals surface area contributed by atoms with Gasteiger partial charge in [0.15, 0.2) is 11.6 Å². The number of nitrogens with zero attached hydrogens (tertiary/aromatic N) is 3. The van der Waals surface area contributed by atoms with Crippen molar-refractivity contribution in [3.8, 4) is 11.3 Å². The van der Waals surface area contributed by atoms with Crippen molar-refractivity contribution in [2.45, 2.75) is 60.2 Å². The molecule has 0 fully saturated rings. The zero-order valence-electron chi connectivity index (χ0n) is 20.3. The Balaban J connectivity index is 0. The summed E-state index contributed by atoms with van der Waals surface area (Å²) in [5.41, 5.74) is -0.985. The molecule has 0 bridgehead atoms. The molecular formula is C23H33F4N5O2. The van der Waals surface area contributed by atoms with E-state index in [0.29, 0.717) is 23.5 Å². The highest BCUT2D eigenvalue weighted by Crippen LogP contribution is 2.39. The van der Waals surface area contributed by atoms with E-state index in [9.17, 15) is 17.6 Å². The molecule has 7 nitrogen and oxygen atoms in total. The number of halogens is 4. The van der Waals surface area contributed by atoms with Crippen molar-refractivity contribution < 1.29 is 27.5 Å². The highest BCUT2D eigenvalue weighted by Gasteiger charge is 2.36. The Morgan fingerprint density at radius 2 is 1.79 bits per heavy atom. The molecule has 11 heteroatoms. The Morgan fingerprint density at radius 3 is 2.29 bits per heavy atom. The number of hydrogen-bond donors (Lipinski definition) is 3. The summed E-state index contributed by atoms with van der Waals surface area (Å²) >= 11 is 0. The zero-order valence-corrected chi connectivity index (χ0v) is 20.3. The fourth-order valence-electron chi connectivity index (χ4n) is 2.40. The number of hydrogen-bond acceptors (Lipinski definition) is 5. The number of rotatable bonds is 4. The number of aromatic nitrogens is 4. The standard InChI is InChI=1S/C16H15F4N5.2C2H6.C2H4.CH2O2/c1-3-8(2)24-15-12(17)4-11(16(18,19)20)13(25-15)9-6-22-14-10(9)5-21-7-23-14;3*1-2;2-1-3/h4-8H,3H2,1-2H3,(H,24,25)(H,21,22,23);2*1-2H3;1-2H2;1H,(H,2,3). The third-order valence-electron chi connectivity index (χ3n) is 3.89. The second-order valence-electron chi connectivity index (χ2n) is 5.76. The third-order valence-corrected chi connectivity index (χ3v) is 3.89. The smallest absolute Gasteiger partial charge is 0.418 e. The molecule has 0 aliphatic rings. The van der Waals surface area contributed by atoms with Gasteiger partial charge in [0.2, 0.25) is 0 Å². The average Bonchev–Trinajstić information content (AvgIpc) is 3.28. The lowest BCUT2D eigenvalue weighted by molar-refractivity contribution is -0.137. The van der Waals surface area contributed by atoms with E-state index in [1.165, 1.54) is 18.7 Å². The van der Waals surface area contributed by atoms with Crippen molar-refractivity contribution in [1.29, 1.82) is 0 Å². The van der Waals surface area contributed by atoms with Gasteiger partial charge in [0.1, 0.15) is 12.0 Å². The molecule has 3 aromatic rings. The van der Waals surface area contributed by atoms with Crippen LogP contribution in [-0.2, 0) is 11.0 Å². The third kappa shape index (κ3) is 9.16. The zero-order chi connectivity index (χ0) is 26.9. The summed E-state index contributed by atoms with van der Waals surface area (Å²) in [6, 6.07) is 0.327. The summed E-state index contributed by atoms with van der Waals surface area (Å²) in [5.74, 6) is -1.27. The molecule has 1 unspecified atom stereocenters. The number of nitrogens with one attached hydrogen (secondary N) is 2. The summed E-state index contributed by atoms with van der Waals surface area (Å²) in [4.78, 5) is 22.9. The van der Waals surface area contributed by atoms with Gasteiger partial charge in [0, 0.05) is 29.4 Å². The van der Waals surface area contributed by atoms with Crippen LogP contribution >= 0.6 is 0 Å². The molecule has 3 aromatic heterocycles. The van der Waals surface area contributed by atoms with Crippen LogP contribution in [0.25, 0.3) is 22.3 Å². The summed E-state index contributed by atoms with van der Waals surface area (Å²) < 4.78 is 54.4. The maximum atomic E-state index is 14.2. The normalized spacial score (nSPS) is 10.5. The second-order valence-corrected chi connectivity index (χ2v) is 5.76. The molecule has 0 radical (unpaired) electrons. The van der Waals surface area contributed by atoms with E-state index in [1.54, 1.807) is 6.92 Å². The molecule has 0 spiro atoms. The maximum Gasteiger partial charge on any atom is 0.418 e. The van der Waals surface area contributed by atoms with Crippen LogP contribution in [0.3, 0.4) is 0 Å². The number of alkyl halides is 3. The molecule has 0 saturated carbocycles. The summed E-state index contributed by atoms with van der Waals surface area (Å²) in [5, 5.41) is 10.1. The van der Waals surface area contributed by atoms with Gasteiger partial charge < -0.3 is 15.4 Å². The number of aromatic amines is 1. The van der Waals surface area contributed by atoms with E-state index in [1.807, 2.05) is 34.6 Å². The van der Waals surface area contributed by atoms with Crippen LogP contribution in [0.1, 0.15) is 53.5 Å². The Kier molecular flexibility index (Phi) is 16.4. The SMILES string of the molecule is C=C.CC.CC.CCC(C)Nc1nc(-c2c[nH]c3ncncc23)c(C(F)(F)F)cc1F.O=CO. The number of fused-ring (bicyclic) bond motifs is 1. The minimum atomic E-state index is -4.75. The molecular weight excluding hydrogens is 454 g/mol. The van der Waals surface area contributed by atoms with Crippen LogP contribution in [0.15, 0.2) is 37.9 Å². The van der Waals surface area contributed by atoms with Gasteiger partial charge in [-0.15, -0.1) is 13.2 Å². The van der Waals surface area contributed by atoms with Crippen LogP contribution in [0, 0.1) is 5.82 Å². The molecule has 3 rings (SSSR count). The van der Waals surface area contributed by atoms with Crippen LogP contribution < -0.4 is 5.32 Å². The van der Waals surface area contributed by atoms with E-state index >= 15 is 0 Å². The quantitative estimate of drug-likeness (QED) is 0.209. The van der Waals surface area contributed by atoms with Crippen LogP contribution in [-0.4, -0.2) is 37.6 Å². The Labute approximate surface area is 197 Å². The number of carbonyl (C=O) groups is 1. The van der Waals surface area contributed by atoms with Gasteiger partial charge in [-0.25, -0.2) is 19.3 Å². The Morgan fingerprint density at radius 1 is 1.24 bits per heavy atom. The molecule has 0 aromatic carbocycles. The first-order valence-corrected chi connectivity index (χ1v) is 10.6. The van der Waals surface area contributed by atoms with E-state index in [-0.39, 0.29) is 29.6 Å². The van der Waals surface area contributed by atoms with E-state index in [4.69, 9.17) is 9.90 Å². The fraction of sp³-hybridized carbons (Fsp3) is 0.391. The molecule has 0 saturated heterocycles.